The summed E-state index contributed by atoms with van der Waals surface area (Å²) in [5.41, 5.74) is 4.87. The van der Waals surface area contributed by atoms with Crippen molar-refractivity contribution >= 4 is 16.8 Å². The van der Waals surface area contributed by atoms with Gasteiger partial charge in [-0.3, -0.25) is 4.79 Å². The molecule has 0 radical (unpaired) electrons. The van der Waals surface area contributed by atoms with Crippen LogP contribution in [0, 0.1) is 13.8 Å². The lowest BCUT2D eigenvalue weighted by molar-refractivity contribution is 0.103. The van der Waals surface area contributed by atoms with Gasteiger partial charge in [0.1, 0.15) is 17.1 Å². The van der Waals surface area contributed by atoms with Crippen LogP contribution < -0.4 is 4.74 Å². The molecule has 0 unspecified atom stereocenters. The molecule has 4 rings (SSSR count). The molecule has 0 fully saturated rings. The number of carbonyl (C=O) groups is 1. The number of rotatable bonds is 4. The minimum atomic E-state index is -0.0213. The third kappa shape index (κ3) is 3.02. The van der Waals surface area contributed by atoms with Crippen LogP contribution in [0.3, 0.4) is 0 Å². The maximum absolute atomic E-state index is 13.5. The van der Waals surface area contributed by atoms with Crippen LogP contribution in [0.1, 0.15) is 27.0 Å². The Kier molecular flexibility index (Phi) is 4.28. The number of para-hydroxylation sites is 1. The summed E-state index contributed by atoms with van der Waals surface area (Å²) in [6, 6.07) is 21.2. The highest BCUT2D eigenvalue weighted by molar-refractivity contribution is 6.20. The van der Waals surface area contributed by atoms with Crippen LogP contribution >= 0.6 is 0 Å². The summed E-state index contributed by atoms with van der Waals surface area (Å²) in [5, 5.41) is 0.828. The van der Waals surface area contributed by atoms with Gasteiger partial charge < -0.3 is 9.15 Å². The third-order valence-electron chi connectivity index (χ3n) is 4.81. The molecule has 3 nitrogen and oxygen atoms in total. The predicted molar refractivity (Wildman–Crippen MR) is 108 cm³/mol. The second kappa shape index (κ2) is 6.76. The summed E-state index contributed by atoms with van der Waals surface area (Å²) in [6.45, 7) is 3.95. The zero-order valence-corrected chi connectivity index (χ0v) is 15.6. The van der Waals surface area contributed by atoms with Crippen molar-refractivity contribution in [3.8, 4) is 17.1 Å². The Hall–Kier alpha value is -3.33. The van der Waals surface area contributed by atoms with E-state index in [-0.39, 0.29) is 5.78 Å². The second-order valence-electron chi connectivity index (χ2n) is 6.68. The molecular weight excluding hydrogens is 336 g/mol. The van der Waals surface area contributed by atoms with Crippen molar-refractivity contribution in [2.75, 3.05) is 7.11 Å². The summed E-state index contributed by atoms with van der Waals surface area (Å²) < 4.78 is 11.4. The van der Waals surface area contributed by atoms with E-state index in [4.69, 9.17) is 9.15 Å². The van der Waals surface area contributed by atoms with Crippen LogP contribution in [-0.4, -0.2) is 12.9 Å². The van der Waals surface area contributed by atoms with E-state index >= 15 is 0 Å². The minimum absolute atomic E-state index is 0.0213. The predicted octanol–water partition coefficient (Wildman–Crippen LogP) is 5.96. The highest BCUT2D eigenvalue weighted by atomic mass is 16.5. The first-order valence-electron chi connectivity index (χ1n) is 8.86. The van der Waals surface area contributed by atoms with Crippen LogP contribution in [0.5, 0.6) is 5.75 Å². The van der Waals surface area contributed by atoms with E-state index in [1.807, 2.05) is 80.6 Å². The van der Waals surface area contributed by atoms with Crippen molar-refractivity contribution in [3.63, 3.8) is 0 Å². The standard InChI is InChI=1S/C24H20O3/c1-15-8-9-16(2)20(14-15)23(25)22-19-6-4-5-7-21(19)27-24(22)17-10-12-18(26-3)13-11-17/h4-14H,1-3H3. The van der Waals surface area contributed by atoms with E-state index in [2.05, 4.69) is 0 Å². The van der Waals surface area contributed by atoms with Gasteiger partial charge in [0.2, 0.25) is 0 Å². The van der Waals surface area contributed by atoms with Gasteiger partial charge in [0, 0.05) is 16.5 Å². The molecule has 0 aliphatic rings. The summed E-state index contributed by atoms with van der Waals surface area (Å²) in [5.74, 6) is 1.33. The lowest BCUT2D eigenvalue weighted by Gasteiger charge is -2.08. The molecule has 27 heavy (non-hydrogen) atoms. The first-order chi connectivity index (χ1) is 13.1. The maximum atomic E-state index is 13.5. The minimum Gasteiger partial charge on any atom is -0.497 e. The van der Waals surface area contributed by atoms with Crippen LogP contribution in [-0.2, 0) is 0 Å². The van der Waals surface area contributed by atoms with Crippen molar-refractivity contribution in [2.24, 2.45) is 0 Å². The zero-order valence-electron chi connectivity index (χ0n) is 15.6. The molecule has 0 spiro atoms. The average Bonchev–Trinajstić information content (AvgIpc) is 3.09. The van der Waals surface area contributed by atoms with Gasteiger partial charge in [0.25, 0.3) is 0 Å². The van der Waals surface area contributed by atoms with Gasteiger partial charge >= 0.3 is 0 Å². The molecule has 3 heteroatoms. The quantitative estimate of drug-likeness (QED) is 0.424. The summed E-state index contributed by atoms with van der Waals surface area (Å²) >= 11 is 0. The summed E-state index contributed by atoms with van der Waals surface area (Å²) in [7, 11) is 1.63. The lowest BCUT2D eigenvalue weighted by Crippen LogP contribution is -2.05. The van der Waals surface area contributed by atoms with Gasteiger partial charge in [-0.2, -0.15) is 0 Å². The van der Waals surface area contributed by atoms with Crippen LogP contribution in [0.15, 0.2) is 71.1 Å². The molecule has 1 heterocycles. The number of ketones is 1. The Balaban J connectivity index is 1.95. The van der Waals surface area contributed by atoms with Gasteiger partial charge in [-0.05, 0) is 55.8 Å². The van der Waals surface area contributed by atoms with Crippen LogP contribution in [0.4, 0.5) is 0 Å². The van der Waals surface area contributed by atoms with Gasteiger partial charge in [0.15, 0.2) is 5.78 Å². The number of hydrogen-bond donors (Lipinski definition) is 0. The normalized spacial score (nSPS) is 10.9. The van der Waals surface area contributed by atoms with Gasteiger partial charge in [0.05, 0.1) is 12.7 Å². The molecule has 0 N–H and O–H groups in total. The maximum Gasteiger partial charge on any atom is 0.197 e. The van der Waals surface area contributed by atoms with Gasteiger partial charge in [-0.25, -0.2) is 0 Å². The SMILES string of the molecule is COc1ccc(-c2oc3ccccc3c2C(=O)c2cc(C)ccc2C)cc1. The molecule has 4 aromatic rings. The van der Waals surface area contributed by atoms with E-state index < -0.39 is 0 Å². The molecular formula is C24H20O3. The van der Waals surface area contributed by atoms with Gasteiger partial charge in [-0.15, -0.1) is 0 Å². The molecule has 0 atom stereocenters. The Morgan fingerprint density at radius 3 is 2.41 bits per heavy atom. The van der Waals surface area contributed by atoms with E-state index in [1.54, 1.807) is 7.11 Å². The van der Waals surface area contributed by atoms with E-state index in [0.717, 1.165) is 27.8 Å². The average molecular weight is 356 g/mol. The second-order valence-corrected chi connectivity index (χ2v) is 6.68. The van der Waals surface area contributed by atoms with Crippen molar-refractivity contribution in [1.82, 2.24) is 0 Å². The number of furan rings is 1. The van der Waals surface area contributed by atoms with Crippen molar-refractivity contribution in [3.05, 3.63) is 89.0 Å². The fourth-order valence-corrected chi connectivity index (χ4v) is 3.33. The van der Waals surface area contributed by atoms with Crippen molar-refractivity contribution in [1.29, 1.82) is 0 Å². The molecule has 0 aliphatic carbocycles. The molecule has 1 aromatic heterocycles. The molecule has 134 valence electrons. The number of methoxy groups -OCH3 is 1. The smallest absolute Gasteiger partial charge is 0.197 e. The number of ether oxygens (including phenoxy) is 1. The van der Waals surface area contributed by atoms with Crippen molar-refractivity contribution < 1.29 is 13.9 Å². The van der Waals surface area contributed by atoms with E-state index in [0.29, 0.717) is 22.5 Å². The van der Waals surface area contributed by atoms with E-state index in [1.165, 1.54) is 0 Å². The van der Waals surface area contributed by atoms with Crippen LogP contribution in [0.2, 0.25) is 0 Å². The number of carbonyl (C=O) groups excluding carboxylic acids is 1. The molecule has 3 aromatic carbocycles. The van der Waals surface area contributed by atoms with Gasteiger partial charge in [-0.1, -0.05) is 35.9 Å². The Bertz CT molecular complexity index is 1130. The van der Waals surface area contributed by atoms with Crippen LogP contribution in [0.25, 0.3) is 22.3 Å². The first-order valence-corrected chi connectivity index (χ1v) is 8.86. The van der Waals surface area contributed by atoms with E-state index in [9.17, 15) is 4.79 Å². The number of benzene rings is 3. The molecule has 0 saturated heterocycles. The topological polar surface area (TPSA) is 39.4 Å². The Morgan fingerprint density at radius 1 is 0.926 bits per heavy atom. The van der Waals surface area contributed by atoms with Crippen molar-refractivity contribution in [2.45, 2.75) is 13.8 Å². The summed E-state index contributed by atoms with van der Waals surface area (Å²) in [4.78, 5) is 13.5. The Morgan fingerprint density at radius 2 is 1.67 bits per heavy atom. The molecule has 0 saturated carbocycles. The number of fused-ring (bicyclic) bond motifs is 1. The zero-order chi connectivity index (χ0) is 19.0. The monoisotopic (exact) mass is 356 g/mol. The molecule has 0 amide bonds. The molecule has 0 aliphatic heterocycles. The summed E-state index contributed by atoms with van der Waals surface area (Å²) in [6.07, 6.45) is 0. The lowest BCUT2D eigenvalue weighted by atomic mass is 9.94. The molecule has 0 bridgehead atoms. The fraction of sp³-hybridized carbons (Fsp3) is 0.125. The highest BCUT2D eigenvalue weighted by Crippen LogP contribution is 2.36. The third-order valence-corrected chi connectivity index (χ3v) is 4.81. The first kappa shape index (κ1) is 17.1. The highest BCUT2D eigenvalue weighted by Gasteiger charge is 2.24. The fourth-order valence-electron chi connectivity index (χ4n) is 3.33. The largest absolute Gasteiger partial charge is 0.497 e. The number of hydrogen-bond acceptors (Lipinski definition) is 3. The number of aryl methyl sites for hydroxylation is 2. The Labute approximate surface area is 158 Å².